The van der Waals surface area contributed by atoms with Gasteiger partial charge in [0.2, 0.25) is 0 Å². The number of rotatable bonds is 3. The van der Waals surface area contributed by atoms with Crippen LogP contribution in [0.4, 0.5) is 13.2 Å². The second-order valence-electron chi connectivity index (χ2n) is 2.53. The van der Waals surface area contributed by atoms with Crippen molar-refractivity contribution in [3.05, 3.63) is 35.9 Å². The van der Waals surface area contributed by atoms with Crippen molar-refractivity contribution >= 4 is 15.0 Å². The molecule has 72 valence electrons. The van der Waals surface area contributed by atoms with E-state index < -0.39 is 20.0 Å². The average molecular weight is 253 g/mol. The third-order valence-corrected chi connectivity index (χ3v) is 3.04. The van der Waals surface area contributed by atoms with E-state index in [0.29, 0.717) is 6.42 Å². The van der Waals surface area contributed by atoms with Gasteiger partial charge in [0.05, 0.1) is 0 Å². The van der Waals surface area contributed by atoms with Gasteiger partial charge >= 0.3 is 80.8 Å². The number of aryl methyl sites for hydroxylation is 1. The van der Waals surface area contributed by atoms with Crippen LogP contribution in [-0.2, 0) is 6.42 Å². The Morgan fingerprint density at radius 2 is 1.69 bits per heavy atom. The fourth-order valence-electron chi connectivity index (χ4n) is 0.929. The van der Waals surface area contributed by atoms with Crippen LogP contribution < -0.4 is 0 Å². The summed E-state index contributed by atoms with van der Waals surface area (Å²) in [4.78, 5) is 0. The molecule has 0 heterocycles. The monoisotopic (exact) mass is 254 g/mol. The van der Waals surface area contributed by atoms with Gasteiger partial charge in [0.25, 0.3) is 0 Å². The summed E-state index contributed by atoms with van der Waals surface area (Å²) >= 11 is -1.23. The van der Waals surface area contributed by atoms with Crippen LogP contribution in [0.25, 0.3) is 0 Å². The molecule has 0 saturated carbocycles. The molecule has 0 radical (unpaired) electrons. The minimum atomic E-state index is -3.96. The maximum atomic E-state index is 11.8. The zero-order valence-electron chi connectivity index (χ0n) is 6.84. The van der Waals surface area contributed by atoms with E-state index in [-0.39, 0.29) is 5.32 Å². The summed E-state index contributed by atoms with van der Waals surface area (Å²) in [7, 11) is 0. The van der Waals surface area contributed by atoms with Gasteiger partial charge in [-0.3, -0.25) is 0 Å². The van der Waals surface area contributed by atoms with Crippen LogP contribution in [0.5, 0.6) is 0 Å². The summed E-state index contributed by atoms with van der Waals surface area (Å²) in [5, 5.41) is -3.72. The zero-order chi connectivity index (χ0) is 9.73. The van der Waals surface area contributed by atoms with Crippen molar-refractivity contribution in [3.63, 3.8) is 0 Å². The van der Waals surface area contributed by atoms with Crippen molar-refractivity contribution in [1.29, 1.82) is 0 Å². The van der Waals surface area contributed by atoms with Crippen molar-refractivity contribution in [1.82, 2.24) is 0 Å². The third kappa shape index (κ3) is 4.96. The van der Waals surface area contributed by atoms with E-state index in [1.165, 1.54) is 0 Å². The summed E-state index contributed by atoms with van der Waals surface area (Å²) < 4.78 is 35.4. The molecule has 1 aromatic carbocycles. The van der Waals surface area contributed by atoms with Crippen LogP contribution in [0, 0.1) is 0 Å². The molecular weight excluding hydrogens is 244 g/mol. The summed E-state index contributed by atoms with van der Waals surface area (Å²) in [5.74, 6) is 0. The van der Waals surface area contributed by atoms with E-state index in [0.717, 1.165) is 5.56 Å². The molecule has 0 saturated heterocycles. The Kier molecular flexibility index (Phi) is 3.82. The summed E-state index contributed by atoms with van der Waals surface area (Å²) in [6.07, 6.45) is 0.528. The molecule has 0 aliphatic carbocycles. The van der Waals surface area contributed by atoms with Crippen molar-refractivity contribution in [2.24, 2.45) is 0 Å². The molecule has 0 fully saturated rings. The standard InChI is InChI=1S/C9H9F3Se/c10-9(11,12)13-7-6-8-4-2-1-3-5-8/h1-5H,6-7H2. The first-order chi connectivity index (χ1) is 6.08. The molecule has 1 aromatic rings. The quantitative estimate of drug-likeness (QED) is 0.726. The van der Waals surface area contributed by atoms with Gasteiger partial charge in [0, 0.05) is 0 Å². The summed E-state index contributed by atoms with van der Waals surface area (Å²) in [6.45, 7) is 0. The van der Waals surface area contributed by atoms with Crippen LogP contribution in [0.2, 0.25) is 5.32 Å². The number of hydrogen-bond acceptors (Lipinski definition) is 0. The van der Waals surface area contributed by atoms with Crippen molar-refractivity contribution in [2.45, 2.75) is 16.8 Å². The topological polar surface area (TPSA) is 0 Å². The Labute approximate surface area is 81.3 Å². The Balaban J connectivity index is 2.29. The van der Waals surface area contributed by atoms with Crippen LogP contribution in [0.15, 0.2) is 30.3 Å². The molecule has 0 aromatic heterocycles. The fourth-order valence-corrected chi connectivity index (χ4v) is 2.12. The summed E-state index contributed by atoms with van der Waals surface area (Å²) in [5.41, 5.74) is 0.980. The second kappa shape index (κ2) is 4.68. The van der Waals surface area contributed by atoms with E-state index in [9.17, 15) is 13.2 Å². The second-order valence-corrected chi connectivity index (χ2v) is 4.96. The van der Waals surface area contributed by atoms with E-state index in [1.807, 2.05) is 30.3 Å². The molecule has 0 N–H and O–H groups in total. The SMILES string of the molecule is FC(F)(F)[Se]CCc1ccccc1. The molecule has 0 amide bonds. The first kappa shape index (κ1) is 10.6. The van der Waals surface area contributed by atoms with Crippen molar-refractivity contribution < 1.29 is 13.2 Å². The first-order valence-electron chi connectivity index (χ1n) is 3.82. The molecule has 0 atom stereocenters. The van der Waals surface area contributed by atoms with Crippen LogP contribution in [0.3, 0.4) is 0 Å². The van der Waals surface area contributed by atoms with E-state index in [1.54, 1.807) is 0 Å². The van der Waals surface area contributed by atoms with Gasteiger partial charge in [-0.2, -0.15) is 0 Å². The Hall–Kier alpha value is -0.471. The van der Waals surface area contributed by atoms with E-state index >= 15 is 0 Å². The average Bonchev–Trinajstić information content (AvgIpc) is 2.04. The predicted molar refractivity (Wildman–Crippen MR) is 46.8 cm³/mol. The van der Waals surface area contributed by atoms with Gasteiger partial charge in [-0.25, -0.2) is 0 Å². The molecule has 4 heteroatoms. The van der Waals surface area contributed by atoms with E-state index in [4.69, 9.17) is 0 Å². The Morgan fingerprint density at radius 1 is 1.08 bits per heavy atom. The Morgan fingerprint density at radius 3 is 2.23 bits per heavy atom. The van der Waals surface area contributed by atoms with Crippen molar-refractivity contribution in [2.75, 3.05) is 0 Å². The van der Waals surface area contributed by atoms with Gasteiger partial charge in [-0.05, 0) is 0 Å². The number of alkyl halides is 3. The fraction of sp³-hybridized carbons (Fsp3) is 0.333. The molecule has 0 nitrogen and oxygen atoms in total. The van der Waals surface area contributed by atoms with Crippen LogP contribution >= 0.6 is 0 Å². The van der Waals surface area contributed by atoms with Crippen molar-refractivity contribution in [3.8, 4) is 0 Å². The molecule has 1 rings (SSSR count). The first-order valence-corrected chi connectivity index (χ1v) is 5.89. The normalized spacial score (nSPS) is 11.6. The Bertz CT molecular complexity index is 243. The van der Waals surface area contributed by atoms with Crippen LogP contribution in [0.1, 0.15) is 5.56 Å². The third-order valence-electron chi connectivity index (χ3n) is 1.50. The van der Waals surface area contributed by atoms with E-state index in [2.05, 4.69) is 0 Å². The molecule has 13 heavy (non-hydrogen) atoms. The van der Waals surface area contributed by atoms with Gasteiger partial charge in [0.1, 0.15) is 0 Å². The molecule has 0 aliphatic rings. The van der Waals surface area contributed by atoms with Gasteiger partial charge in [0.15, 0.2) is 0 Å². The molecular formula is C9H9F3Se. The molecule has 0 aliphatic heterocycles. The van der Waals surface area contributed by atoms with Crippen LogP contribution in [-0.4, -0.2) is 20.0 Å². The number of halogens is 3. The zero-order valence-corrected chi connectivity index (χ0v) is 8.56. The van der Waals surface area contributed by atoms with Gasteiger partial charge in [-0.1, -0.05) is 0 Å². The number of hydrogen-bond donors (Lipinski definition) is 0. The molecule has 0 unspecified atom stereocenters. The van der Waals surface area contributed by atoms with Gasteiger partial charge < -0.3 is 0 Å². The summed E-state index contributed by atoms with van der Waals surface area (Å²) in [6, 6.07) is 9.25. The minimum absolute atomic E-state index is 0.237. The molecule has 0 bridgehead atoms. The number of benzene rings is 1. The molecule has 0 spiro atoms. The van der Waals surface area contributed by atoms with Gasteiger partial charge in [-0.15, -0.1) is 0 Å². The maximum absolute atomic E-state index is 11.8. The predicted octanol–water partition coefficient (Wildman–Crippen LogP) is 2.87.